The van der Waals surface area contributed by atoms with Gasteiger partial charge in [0.1, 0.15) is 5.82 Å². The molecule has 2 aromatic carbocycles. The monoisotopic (exact) mass is 383 g/mol. The van der Waals surface area contributed by atoms with Crippen LogP contribution in [0.2, 0.25) is 5.02 Å². The summed E-state index contributed by atoms with van der Waals surface area (Å²) in [6.07, 6.45) is 0. The highest BCUT2D eigenvalue weighted by Gasteiger charge is 2.19. The number of halogens is 1. The van der Waals surface area contributed by atoms with Crippen molar-refractivity contribution in [2.24, 2.45) is 0 Å². The van der Waals surface area contributed by atoms with Gasteiger partial charge in [0.15, 0.2) is 0 Å². The summed E-state index contributed by atoms with van der Waals surface area (Å²) in [5.41, 5.74) is 0.767. The number of hydrogen-bond donors (Lipinski definition) is 1. The molecule has 0 atom stereocenters. The molecule has 0 radical (unpaired) electrons. The number of carbonyl (C=O) groups excluding carboxylic acids is 1. The van der Waals surface area contributed by atoms with E-state index in [1.165, 1.54) is 11.7 Å². The molecule has 0 saturated carbocycles. The first-order chi connectivity index (χ1) is 13.0. The third kappa shape index (κ3) is 3.92. The van der Waals surface area contributed by atoms with Gasteiger partial charge in [0, 0.05) is 7.11 Å². The van der Waals surface area contributed by atoms with Crippen LogP contribution in [0, 0.1) is 0 Å². The van der Waals surface area contributed by atoms with E-state index in [9.17, 15) is 9.59 Å². The van der Waals surface area contributed by atoms with E-state index < -0.39 is 5.91 Å². The molecule has 0 saturated heterocycles. The number of amides is 1. The predicted molar refractivity (Wildman–Crippen MR) is 107 cm³/mol. The molecule has 27 heavy (non-hydrogen) atoms. The van der Waals surface area contributed by atoms with Crippen LogP contribution in [0.15, 0.2) is 59.9 Å². The molecule has 0 spiro atoms. The smallest absolute Gasteiger partial charge is 0.261 e. The van der Waals surface area contributed by atoms with E-state index in [-0.39, 0.29) is 23.5 Å². The molecule has 1 heterocycles. The topological polar surface area (TPSA) is 73.2 Å². The third-order valence-electron chi connectivity index (χ3n) is 4.05. The molecule has 0 aliphatic heterocycles. The maximum absolute atomic E-state index is 12.9. The first kappa shape index (κ1) is 18.8. The largest absolute Gasteiger partial charge is 0.383 e. The summed E-state index contributed by atoms with van der Waals surface area (Å²) in [6, 6.07) is 13.8. The summed E-state index contributed by atoms with van der Waals surface area (Å²) >= 11 is 6.09. The van der Waals surface area contributed by atoms with Crippen molar-refractivity contribution in [3.8, 4) is 0 Å². The number of nitrogens with one attached hydrogen (secondary N) is 1. The quantitative estimate of drug-likeness (QED) is 0.662. The number of carbonyl (C=O) groups is 1. The zero-order valence-corrected chi connectivity index (χ0v) is 15.5. The van der Waals surface area contributed by atoms with Crippen LogP contribution in [0.25, 0.3) is 16.5 Å². The Bertz CT molecular complexity index is 1080. The van der Waals surface area contributed by atoms with Gasteiger partial charge in [-0.3, -0.25) is 14.2 Å². The van der Waals surface area contributed by atoms with Gasteiger partial charge in [0.2, 0.25) is 0 Å². The first-order valence-corrected chi connectivity index (χ1v) is 8.64. The number of nitrogens with zero attached hydrogens (tertiary/aromatic N) is 2. The molecule has 1 aromatic heterocycles. The van der Waals surface area contributed by atoms with Crippen molar-refractivity contribution >= 4 is 39.7 Å². The molecule has 3 aromatic rings. The van der Waals surface area contributed by atoms with Gasteiger partial charge in [-0.2, -0.15) is 0 Å². The lowest BCUT2D eigenvalue weighted by Gasteiger charge is -2.15. The Balaban J connectivity index is 2.03. The van der Waals surface area contributed by atoms with Crippen LogP contribution < -0.4 is 10.9 Å². The molecule has 7 heteroatoms. The minimum Gasteiger partial charge on any atom is -0.383 e. The highest BCUT2D eigenvalue weighted by Crippen LogP contribution is 2.22. The van der Waals surface area contributed by atoms with Crippen molar-refractivity contribution in [2.75, 3.05) is 19.0 Å². The van der Waals surface area contributed by atoms with E-state index in [1.54, 1.807) is 48.5 Å². The number of fused-ring (bicyclic) bond motifs is 1. The van der Waals surface area contributed by atoms with Gasteiger partial charge in [0.25, 0.3) is 11.5 Å². The fraction of sp³-hybridized carbons (Fsp3) is 0.150. The van der Waals surface area contributed by atoms with E-state index in [4.69, 9.17) is 16.3 Å². The maximum Gasteiger partial charge on any atom is 0.261 e. The Labute approximate surface area is 161 Å². The van der Waals surface area contributed by atoms with Crippen LogP contribution in [0.1, 0.15) is 5.82 Å². The number of para-hydroxylation sites is 2. The lowest BCUT2D eigenvalue weighted by molar-refractivity contribution is -0.111. The second-order valence-electron chi connectivity index (χ2n) is 5.81. The average Bonchev–Trinajstić information content (AvgIpc) is 2.68. The lowest BCUT2D eigenvalue weighted by Crippen LogP contribution is -2.29. The number of methoxy groups -OCH3 is 1. The number of ether oxygens (including phenoxy) is 1. The number of anilines is 1. The standard InChI is InChI=1S/C20H18ClN3O3/c1-13(19(25)23-17-10-6-4-8-15(17)21)18-22-16-9-5-3-7-14(16)20(26)24(18)11-12-27-2/h3-10H,1,11-12H2,2H3,(H,23,25). The summed E-state index contributed by atoms with van der Waals surface area (Å²) in [7, 11) is 1.54. The molecular weight excluding hydrogens is 366 g/mol. The Kier molecular flexibility index (Phi) is 5.69. The van der Waals surface area contributed by atoms with E-state index in [1.807, 2.05) is 0 Å². The van der Waals surface area contributed by atoms with Crippen molar-refractivity contribution < 1.29 is 9.53 Å². The fourth-order valence-corrected chi connectivity index (χ4v) is 2.83. The van der Waals surface area contributed by atoms with Crippen LogP contribution in [-0.2, 0) is 16.1 Å². The number of hydrogen-bond acceptors (Lipinski definition) is 4. The molecule has 0 bridgehead atoms. The van der Waals surface area contributed by atoms with Gasteiger partial charge < -0.3 is 10.1 Å². The van der Waals surface area contributed by atoms with E-state index in [0.29, 0.717) is 28.2 Å². The maximum atomic E-state index is 12.9. The van der Waals surface area contributed by atoms with Gasteiger partial charge in [0.05, 0.1) is 40.3 Å². The molecule has 0 aliphatic carbocycles. The first-order valence-electron chi connectivity index (χ1n) is 8.26. The minimum atomic E-state index is -0.489. The number of benzene rings is 2. The average molecular weight is 384 g/mol. The Hall–Kier alpha value is -2.96. The van der Waals surface area contributed by atoms with Crippen LogP contribution in [-0.4, -0.2) is 29.2 Å². The van der Waals surface area contributed by atoms with Gasteiger partial charge in [-0.1, -0.05) is 42.4 Å². The molecule has 1 N–H and O–H groups in total. The van der Waals surface area contributed by atoms with Crippen LogP contribution in [0.3, 0.4) is 0 Å². The normalized spacial score (nSPS) is 10.7. The second-order valence-corrected chi connectivity index (χ2v) is 6.22. The second kappa shape index (κ2) is 8.16. The Morgan fingerprint density at radius 2 is 1.93 bits per heavy atom. The van der Waals surface area contributed by atoms with Crippen molar-refractivity contribution in [3.63, 3.8) is 0 Å². The van der Waals surface area contributed by atoms with Crippen molar-refractivity contribution in [2.45, 2.75) is 6.54 Å². The molecule has 3 rings (SSSR count). The SMILES string of the molecule is C=C(C(=O)Nc1ccccc1Cl)c1nc2ccccc2c(=O)n1CCOC. The van der Waals surface area contributed by atoms with E-state index >= 15 is 0 Å². The summed E-state index contributed by atoms with van der Waals surface area (Å²) < 4.78 is 6.49. The van der Waals surface area contributed by atoms with Crippen molar-refractivity contribution in [3.05, 3.63) is 76.3 Å². The van der Waals surface area contributed by atoms with E-state index in [2.05, 4.69) is 16.9 Å². The Morgan fingerprint density at radius 1 is 1.22 bits per heavy atom. The molecule has 0 unspecified atom stereocenters. The lowest BCUT2D eigenvalue weighted by atomic mass is 10.2. The highest BCUT2D eigenvalue weighted by atomic mass is 35.5. The van der Waals surface area contributed by atoms with Gasteiger partial charge in [-0.25, -0.2) is 4.98 Å². The van der Waals surface area contributed by atoms with Crippen LogP contribution in [0.5, 0.6) is 0 Å². The van der Waals surface area contributed by atoms with Crippen LogP contribution in [0.4, 0.5) is 5.69 Å². The highest BCUT2D eigenvalue weighted by molar-refractivity contribution is 6.34. The molecule has 0 aliphatic rings. The zero-order valence-electron chi connectivity index (χ0n) is 14.7. The number of rotatable bonds is 6. The van der Waals surface area contributed by atoms with Crippen molar-refractivity contribution in [1.82, 2.24) is 9.55 Å². The third-order valence-corrected chi connectivity index (χ3v) is 4.38. The van der Waals surface area contributed by atoms with E-state index in [0.717, 1.165) is 0 Å². The number of aromatic nitrogens is 2. The molecule has 138 valence electrons. The summed E-state index contributed by atoms with van der Waals surface area (Å²) in [5, 5.41) is 3.58. The summed E-state index contributed by atoms with van der Waals surface area (Å²) in [6.45, 7) is 4.40. The fourth-order valence-electron chi connectivity index (χ4n) is 2.65. The molecule has 0 fully saturated rings. The Morgan fingerprint density at radius 3 is 2.67 bits per heavy atom. The molecular formula is C20H18ClN3O3. The predicted octanol–water partition coefficient (Wildman–Crippen LogP) is 3.35. The molecule has 6 nitrogen and oxygen atoms in total. The van der Waals surface area contributed by atoms with Gasteiger partial charge >= 0.3 is 0 Å². The zero-order chi connectivity index (χ0) is 19.4. The van der Waals surface area contributed by atoms with Gasteiger partial charge in [-0.05, 0) is 24.3 Å². The molecule has 1 amide bonds. The van der Waals surface area contributed by atoms with Gasteiger partial charge in [-0.15, -0.1) is 0 Å². The minimum absolute atomic E-state index is 0.0638. The summed E-state index contributed by atoms with van der Waals surface area (Å²) in [5.74, 6) is -0.295. The summed E-state index contributed by atoms with van der Waals surface area (Å²) in [4.78, 5) is 30.0. The van der Waals surface area contributed by atoms with Crippen molar-refractivity contribution in [1.29, 1.82) is 0 Å². The van der Waals surface area contributed by atoms with Crippen LogP contribution >= 0.6 is 11.6 Å².